The second-order valence-corrected chi connectivity index (χ2v) is 7.55. The number of hydrogen-bond acceptors (Lipinski definition) is 5. The van der Waals surface area contributed by atoms with E-state index < -0.39 is 29.0 Å². The van der Waals surface area contributed by atoms with Gasteiger partial charge in [-0.1, -0.05) is 12.1 Å². The van der Waals surface area contributed by atoms with E-state index >= 15 is 0 Å². The zero-order valence-corrected chi connectivity index (χ0v) is 14.4. The molecule has 0 unspecified atom stereocenters. The van der Waals surface area contributed by atoms with Crippen molar-refractivity contribution < 1.29 is 26.7 Å². The first-order valence-corrected chi connectivity index (χ1v) is 9.38. The molecular formula is C17H14F2N2O4S. The van der Waals surface area contributed by atoms with Crippen molar-refractivity contribution in [2.45, 2.75) is 18.1 Å². The molecule has 0 fully saturated rings. The Bertz CT molecular complexity index is 1060. The highest BCUT2D eigenvalue weighted by Crippen LogP contribution is 2.23. The summed E-state index contributed by atoms with van der Waals surface area (Å²) in [7, 11) is -3.38. The largest absolute Gasteiger partial charge is 0.454 e. The lowest BCUT2D eigenvalue weighted by Gasteiger charge is -2.09. The topological polar surface area (TPSA) is 78.3 Å². The van der Waals surface area contributed by atoms with Crippen LogP contribution < -0.4 is 0 Å². The minimum absolute atomic E-state index is 0.0635. The van der Waals surface area contributed by atoms with Crippen molar-refractivity contribution in [3.8, 4) is 0 Å². The molecule has 0 aliphatic rings. The third-order valence-corrected chi connectivity index (χ3v) is 4.84. The first-order valence-electron chi connectivity index (χ1n) is 7.48. The van der Waals surface area contributed by atoms with Gasteiger partial charge in [0.1, 0.15) is 6.61 Å². The van der Waals surface area contributed by atoms with Gasteiger partial charge in [0.05, 0.1) is 21.5 Å². The molecule has 3 rings (SSSR count). The van der Waals surface area contributed by atoms with Gasteiger partial charge in [-0.05, 0) is 36.4 Å². The van der Waals surface area contributed by atoms with Crippen molar-refractivity contribution in [2.75, 3.05) is 6.26 Å². The summed E-state index contributed by atoms with van der Waals surface area (Å²) in [4.78, 5) is 16.2. The van der Waals surface area contributed by atoms with E-state index in [1.165, 1.54) is 30.3 Å². The average Bonchev–Trinajstić information content (AvgIpc) is 2.97. The van der Waals surface area contributed by atoms with Crippen molar-refractivity contribution >= 4 is 26.8 Å². The molecule has 0 aliphatic heterocycles. The highest BCUT2D eigenvalue weighted by atomic mass is 32.2. The number of esters is 1. The SMILES string of the molecule is CS(=O)(=O)c1ccc(C(=O)OCc2nc3ccccc3n2C(F)F)cc1. The number of rotatable bonds is 5. The molecule has 6 nitrogen and oxygen atoms in total. The Morgan fingerprint density at radius 1 is 1.15 bits per heavy atom. The van der Waals surface area contributed by atoms with Gasteiger partial charge >= 0.3 is 12.5 Å². The van der Waals surface area contributed by atoms with E-state index in [0.29, 0.717) is 10.1 Å². The fraction of sp³-hybridized carbons (Fsp3) is 0.176. The summed E-state index contributed by atoms with van der Waals surface area (Å²) in [6.45, 7) is -3.27. The number of carbonyl (C=O) groups is 1. The van der Waals surface area contributed by atoms with Crippen molar-refractivity contribution in [3.05, 3.63) is 59.9 Å². The van der Waals surface area contributed by atoms with E-state index in [0.717, 1.165) is 6.26 Å². The summed E-state index contributed by atoms with van der Waals surface area (Å²) in [5.41, 5.74) is 0.722. The predicted octanol–water partition coefficient (Wildman–Crippen LogP) is 3.19. The highest BCUT2D eigenvalue weighted by molar-refractivity contribution is 7.90. The molecule has 0 amide bonds. The molecule has 9 heteroatoms. The van der Waals surface area contributed by atoms with Crippen LogP contribution in [0.5, 0.6) is 0 Å². The maximum Gasteiger partial charge on any atom is 0.338 e. The van der Waals surface area contributed by atoms with Gasteiger partial charge in [0.15, 0.2) is 15.7 Å². The van der Waals surface area contributed by atoms with Crippen LogP contribution in [0.1, 0.15) is 22.7 Å². The maximum absolute atomic E-state index is 13.3. The van der Waals surface area contributed by atoms with Crippen molar-refractivity contribution in [2.24, 2.45) is 0 Å². The Kier molecular flexibility index (Phi) is 4.73. The van der Waals surface area contributed by atoms with E-state index in [-0.39, 0.29) is 21.8 Å². The molecule has 0 N–H and O–H groups in total. The molecule has 3 aromatic rings. The van der Waals surface area contributed by atoms with Gasteiger partial charge < -0.3 is 4.74 Å². The zero-order chi connectivity index (χ0) is 18.9. The Labute approximate surface area is 148 Å². The quantitative estimate of drug-likeness (QED) is 0.635. The van der Waals surface area contributed by atoms with E-state index in [2.05, 4.69) is 4.98 Å². The maximum atomic E-state index is 13.3. The molecule has 136 valence electrons. The molecule has 26 heavy (non-hydrogen) atoms. The fourth-order valence-corrected chi connectivity index (χ4v) is 3.10. The fourth-order valence-electron chi connectivity index (χ4n) is 2.47. The smallest absolute Gasteiger partial charge is 0.338 e. The molecule has 0 bridgehead atoms. The van der Waals surface area contributed by atoms with Gasteiger partial charge in [0.25, 0.3) is 0 Å². The lowest BCUT2D eigenvalue weighted by molar-refractivity contribution is 0.0387. The van der Waals surface area contributed by atoms with Crippen LogP contribution in [-0.4, -0.2) is 30.2 Å². The summed E-state index contributed by atoms with van der Waals surface area (Å²) in [5.74, 6) is -0.847. The normalized spacial score (nSPS) is 11.8. The molecule has 0 spiro atoms. The first kappa shape index (κ1) is 18.0. The summed E-state index contributed by atoms with van der Waals surface area (Å²) < 4.78 is 55.2. The molecule has 0 radical (unpaired) electrons. The van der Waals surface area contributed by atoms with Gasteiger partial charge in [0.2, 0.25) is 0 Å². The second-order valence-electron chi connectivity index (χ2n) is 5.54. The average molecular weight is 380 g/mol. The number of aromatic nitrogens is 2. The van der Waals surface area contributed by atoms with Gasteiger partial charge in [0, 0.05) is 6.26 Å². The van der Waals surface area contributed by atoms with E-state index in [1.807, 2.05) is 0 Å². The third-order valence-electron chi connectivity index (χ3n) is 3.71. The minimum Gasteiger partial charge on any atom is -0.454 e. The molecule has 1 aromatic heterocycles. The molecule has 0 aliphatic carbocycles. The van der Waals surface area contributed by atoms with E-state index in [4.69, 9.17) is 4.74 Å². The van der Waals surface area contributed by atoms with Crippen LogP contribution in [0.3, 0.4) is 0 Å². The number of imidazole rings is 1. The summed E-state index contributed by atoms with van der Waals surface area (Å²) in [5, 5.41) is 0. The first-order chi connectivity index (χ1) is 12.3. The predicted molar refractivity (Wildman–Crippen MR) is 89.7 cm³/mol. The van der Waals surface area contributed by atoms with Crippen LogP contribution in [0, 0.1) is 0 Å². The van der Waals surface area contributed by atoms with Crippen LogP contribution in [0.15, 0.2) is 53.4 Å². The summed E-state index contributed by atoms with van der Waals surface area (Å²) in [6.07, 6.45) is 1.05. The lowest BCUT2D eigenvalue weighted by atomic mass is 10.2. The number of nitrogens with zero attached hydrogens (tertiary/aromatic N) is 2. The number of sulfone groups is 1. The van der Waals surface area contributed by atoms with Crippen LogP contribution in [0.4, 0.5) is 8.78 Å². The highest BCUT2D eigenvalue weighted by Gasteiger charge is 2.19. The number of hydrogen-bond donors (Lipinski definition) is 0. The summed E-state index contributed by atoms with van der Waals surface area (Å²) in [6, 6.07) is 11.5. The van der Waals surface area contributed by atoms with E-state index in [9.17, 15) is 22.0 Å². The molecule has 0 atom stereocenters. The number of ether oxygens (including phenoxy) is 1. The Morgan fingerprint density at radius 2 is 1.81 bits per heavy atom. The van der Waals surface area contributed by atoms with Gasteiger partial charge in [-0.2, -0.15) is 8.78 Å². The number of benzene rings is 2. The molecule has 2 aromatic carbocycles. The van der Waals surface area contributed by atoms with Crippen molar-refractivity contribution in [1.82, 2.24) is 9.55 Å². The van der Waals surface area contributed by atoms with Gasteiger partial charge in [-0.25, -0.2) is 18.2 Å². The summed E-state index contributed by atoms with van der Waals surface area (Å²) >= 11 is 0. The van der Waals surface area contributed by atoms with Crippen molar-refractivity contribution in [3.63, 3.8) is 0 Å². The lowest BCUT2D eigenvalue weighted by Crippen LogP contribution is -2.11. The molecule has 0 saturated heterocycles. The standard InChI is InChI=1S/C17H14F2N2O4S/c1-26(23,24)12-8-6-11(7-9-12)16(22)25-10-15-20-13-4-2-3-5-14(13)21(15)17(18)19/h2-9,17H,10H2,1H3. The molecule has 0 saturated carbocycles. The molecular weight excluding hydrogens is 366 g/mol. The Balaban J connectivity index is 1.80. The van der Waals surface area contributed by atoms with Crippen molar-refractivity contribution in [1.29, 1.82) is 0 Å². The monoisotopic (exact) mass is 380 g/mol. The van der Waals surface area contributed by atoms with Crippen LogP contribution in [-0.2, 0) is 21.2 Å². The van der Waals surface area contributed by atoms with Gasteiger partial charge in [-0.3, -0.25) is 4.57 Å². The van der Waals surface area contributed by atoms with Gasteiger partial charge in [-0.15, -0.1) is 0 Å². The number of halogens is 2. The minimum atomic E-state index is -3.38. The van der Waals surface area contributed by atoms with E-state index in [1.54, 1.807) is 18.2 Å². The third kappa shape index (κ3) is 3.57. The van der Waals surface area contributed by atoms with Crippen LogP contribution >= 0.6 is 0 Å². The van der Waals surface area contributed by atoms with Crippen LogP contribution in [0.2, 0.25) is 0 Å². The Hall–Kier alpha value is -2.81. The number of carbonyl (C=O) groups excluding carboxylic acids is 1. The number of para-hydroxylation sites is 2. The zero-order valence-electron chi connectivity index (χ0n) is 13.6. The number of fused-ring (bicyclic) bond motifs is 1. The number of alkyl halides is 2. The second kappa shape index (κ2) is 6.83. The van der Waals surface area contributed by atoms with Crippen LogP contribution in [0.25, 0.3) is 11.0 Å². The molecule has 1 heterocycles. The Morgan fingerprint density at radius 3 is 2.42 bits per heavy atom.